The minimum Gasteiger partial charge on any atom is -0.496 e. The molecule has 0 heterocycles. The number of hydrogen-bond donors (Lipinski definition) is 1. The predicted octanol–water partition coefficient (Wildman–Crippen LogP) is 1.74. The molecule has 0 saturated carbocycles. The van der Waals surface area contributed by atoms with Crippen LogP contribution in [0.1, 0.15) is 19.4 Å². The third kappa shape index (κ3) is 3.16. The van der Waals surface area contributed by atoms with Crippen molar-refractivity contribution in [3.8, 4) is 5.75 Å². The van der Waals surface area contributed by atoms with E-state index in [2.05, 4.69) is 5.16 Å². The van der Waals surface area contributed by atoms with Crippen molar-refractivity contribution >= 4 is 5.84 Å². The van der Waals surface area contributed by atoms with Crippen LogP contribution < -0.4 is 10.5 Å². The Bertz CT molecular complexity index is 348. The van der Waals surface area contributed by atoms with E-state index in [9.17, 15) is 0 Å². The van der Waals surface area contributed by atoms with Crippen LogP contribution in [0.15, 0.2) is 29.4 Å². The molecule has 0 bridgehead atoms. The number of ether oxygens (including phenoxy) is 1. The van der Waals surface area contributed by atoms with Crippen LogP contribution >= 0.6 is 0 Å². The van der Waals surface area contributed by atoms with Crippen molar-refractivity contribution in [2.45, 2.75) is 20.0 Å². The molecule has 1 rings (SSSR count). The van der Waals surface area contributed by atoms with Gasteiger partial charge in [0.2, 0.25) is 0 Å². The first-order valence-electron chi connectivity index (χ1n) is 4.77. The summed E-state index contributed by atoms with van der Waals surface area (Å²) in [6.07, 6.45) is 0.0123. The summed E-state index contributed by atoms with van der Waals surface area (Å²) >= 11 is 0. The Balaban J connectivity index is 2.89. The van der Waals surface area contributed by atoms with Gasteiger partial charge in [0, 0.05) is 0 Å². The molecular weight excluding hydrogens is 192 g/mol. The standard InChI is InChI=1S/C11H16N2O2/c1-8(2)15-13-11(12)9-6-4-5-7-10(9)14-3/h4-8H,1-3H3,(H2,12,13). The quantitative estimate of drug-likeness (QED) is 0.466. The zero-order chi connectivity index (χ0) is 11.3. The van der Waals surface area contributed by atoms with Crippen LogP contribution in [0.3, 0.4) is 0 Å². The normalized spacial score (nSPS) is 11.6. The van der Waals surface area contributed by atoms with Gasteiger partial charge in [0.25, 0.3) is 0 Å². The summed E-state index contributed by atoms with van der Waals surface area (Å²) in [6.45, 7) is 3.78. The maximum atomic E-state index is 5.76. The number of hydrogen-bond acceptors (Lipinski definition) is 3. The van der Waals surface area contributed by atoms with E-state index in [0.29, 0.717) is 11.6 Å². The van der Waals surface area contributed by atoms with Crippen LogP contribution in [0.25, 0.3) is 0 Å². The number of nitrogens with two attached hydrogens (primary N) is 1. The maximum Gasteiger partial charge on any atom is 0.174 e. The molecule has 0 aliphatic rings. The van der Waals surface area contributed by atoms with Crippen LogP contribution in [-0.4, -0.2) is 19.0 Å². The molecule has 1 aromatic rings. The molecule has 0 spiro atoms. The van der Waals surface area contributed by atoms with Crippen molar-refractivity contribution in [2.24, 2.45) is 10.9 Å². The fourth-order valence-corrected chi connectivity index (χ4v) is 1.07. The minimum absolute atomic E-state index is 0.0123. The molecule has 0 atom stereocenters. The molecule has 82 valence electrons. The summed E-state index contributed by atoms with van der Waals surface area (Å²) in [5.74, 6) is 1.01. The number of methoxy groups -OCH3 is 1. The highest BCUT2D eigenvalue weighted by Gasteiger charge is 2.06. The summed E-state index contributed by atoms with van der Waals surface area (Å²) < 4.78 is 5.16. The zero-order valence-electron chi connectivity index (χ0n) is 9.23. The van der Waals surface area contributed by atoms with Gasteiger partial charge >= 0.3 is 0 Å². The molecule has 4 heteroatoms. The smallest absolute Gasteiger partial charge is 0.174 e. The van der Waals surface area contributed by atoms with Crippen LogP contribution in [0.4, 0.5) is 0 Å². The van der Waals surface area contributed by atoms with E-state index in [4.69, 9.17) is 15.3 Å². The average Bonchev–Trinajstić information content (AvgIpc) is 2.25. The van der Waals surface area contributed by atoms with Crippen molar-refractivity contribution in [1.82, 2.24) is 0 Å². The van der Waals surface area contributed by atoms with E-state index in [1.54, 1.807) is 7.11 Å². The lowest BCUT2D eigenvalue weighted by Gasteiger charge is -2.08. The number of para-hydroxylation sites is 1. The van der Waals surface area contributed by atoms with Gasteiger partial charge in [-0.3, -0.25) is 0 Å². The summed E-state index contributed by atoms with van der Waals surface area (Å²) in [6, 6.07) is 7.41. The highest BCUT2D eigenvalue weighted by Crippen LogP contribution is 2.16. The summed E-state index contributed by atoms with van der Waals surface area (Å²) in [5, 5.41) is 3.82. The van der Waals surface area contributed by atoms with Crippen molar-refractivity contribution in [1.29, 1.82) is 0 Å². The van der Waals surface area contributed by atoms with Gasteiger partial charge in [-0.2, -0.15) is 0 Å². The van der Waals surface area contributed by atoms with Gasteiger partial charge in [0.1, 0.15) is 11.9 Å². The fraction of sp³-hybridized carbons (Fsp3) is 0.364. The van der Waals surface area contributed by atoms with Crippen molar-refractivity contribution in [2.75, 3.05) is 7.11 Å². The maximum absolute atomic E-state index is 5.76. The third-order valence-corrected chi connectivity index (χ3v) is 1.74. The Kier molecular flexibility index (Phi) is 3.97. The Morgan fingerprint density at radius 1 is 1.33 bits per heavy atom. The largest absolute Gasteiger partial charge is 0.496 e. The number of rotatable bonds is 4. The second-order valence-corrected chi connectivity index (χ2v) is 3.33. The molecule has 0 amide bonds. The number of amidine groups is 1. The first-order chi connectivity index (χ1) is 7.15. The SMILES string of the molecule is COc1ccccc1/C(N)=N/OC(C)C. The van der Waals surface area contributed by atoms with Crippen LogP contribution in [-0.2, 0) is 4.84 Å². The average molecular weight is 208 g/mol. The first kappa shape index (κ1) is 11.4. The van der Waals surface area contributed by atoms with Crippen LogP contribution in [0, 0.1) is 0 Å². The lowest BCUT2D eigenvalue weighted by molar-refractivity contribution is 0.0858. The zero-order valence-corrected chi connectivity index (χ0v) is 9.23. The molecule has 1 aromatic carbocycles. The van der Waals surface area contributed by atoms with E-state index >= 15 is 0 Å². The molecular formula is C11H16N2O2. The Labute approximate surface area is 89.7 Å². The van der Waals surface area contributed by atoms with Gasteiger partial charge in [-0.15, -0.1) is 0 Å². The molecule has 0 fully saturated rings. The van der Waals surface area contributed by atoms with Crippen molar-refractivity contribution in [3.05, 3.63) is 29.8 Å². The van der Waals surface area contributed by atoms with Gasteiger partial charge in [-0.05, 0) is 26.0 Å². The van der Waals surface area contributed by atoms with Gasteiger partial charge < -0.3 is 15.3 Å². The summed E-state index contributed by atoms with van der Waals surface area (Å²) in [7, 11) is 1.59. The molecule has 0 aliphatic carbocycles. The van der Waals surface area contributed by atoms with E-state index in [1.807, 2.05) is 38.1 Å². The number of oxime groups is 1. The summed E-state index contributed by atoms with van der Waals surface area (Å²) in [5.41, 5.74) is 6.50. The van der Waals surface area contributed by atoms with Crippen LogP contribution in [0.5, 0.6) is 5.75 Å². The van der Waals surface area contributed by atoms with Gasteiger partial charge in [-0.1, -0.05) is 17.3 Å². The molecule has 0 aliphatic heterocycles. The Hall–Kier alpha value is -1.71. The molecule has 2 N–H and O–H groups in total. The topological polar surface area (TPSA) is 56.8 Å². The lowest BCUT2D eigenvalue weighted by Crippen LogP contribution is -2.16. The van der Waals surface area contributed by atoms with Gasteiger partial charge in [0.15, 0.2) is 5.84 Å². The molecule has 0 unspecified atom stereocenters. The van der Waals surface area contributed by atoms with E-state index < -0.39 is 0 Å². The Morgan fingerprint density at radius 2 is 2.00 bits per heavy atom. The monoisotopic (exact) mass is 208 g/mol. The predicted molar refractivity (Wildman–Crippen MR) is 59.9 cm³/mol. The van der Waals surface area contributed by atoms with E-state index in [0.717, 1.165) is 5.56 Å². The lowest BCUT2D eigenvalue weighted by atomic mass is 10.2. The number of benzene rings is 1. The van der Waals surface area contributed by atoms with E-state index in [1.165, 1.54) is 0 Å². The van der Waals surface area contributed by atoms with Crippen LogP contribution in [0.2, 0.25) is 0 Å². The highest BCUT2D eigenvalue weighted by molar-refractivity contribution is 5.99. The molecule has 15 heavy (non-hydrogen) atoms. The number of nitrogens with zero attached hydrogens (tertiary/aromatic N) is 1. The fourth-order valence-electron chi connectivity index (χ4n) is 1.07. The second kappa shape index (κ2) is 5.24. The molecule has 4 nitrogen and oxygen atoms in total. The summed E-state index contributed by atoms with van der Waals surface area (Å²) in [4.78, 5) is 5.06. The van der Waals surface area contributed by atoms with Crippen molar-refractivity contribution < 1.29 is 9.57 Å². The first-order valence-corrected chi connectivity index (χ1v) is 4.77. The highest BCUT2D eigenvalue weighted by atomic mass is 16.6. The van der Waals surface area contributed by atoms with Gasteiger partial charge in [0.05, 0.1) is 12.7 Å². The van der Waals surface area contributed by atoms with Gasteiger partial charge in [-0.25, -0.2) is 0 Å². The molecule has 0 aromatic heterocycles. The third-order valence-electron chi connectivity index (χ3n) is 1.74. The Morgan fingerprint density at radius 3 is 2.60 bits per heavy atom. The minimum atomic E-state index is 0.0123. The second-order valence-electron chi connectivity index (χ2n) is 3.33. The van der Waals surface area contributed by atoms with Crippen molar-refractivity contribution in [3.63, 3.8) is 0 Å². The van der Waals surface area contributed by atoms with E-state index in [-0.39, 0.29) is 6.10 Å². The molecule has 0 radical (unpaired) electrons. The molecule has 0 saturated heterocycles.